The Kier molecular flexibility index (Phi) is 6.57. The molecule has 1 atom stereocenters. The summed E-state index contributed by atoms with van der Waals surface area (Å²) < 4.78 is 10.3. The van der Waals surface area contributed by atoms with Crippen molar-refractivity contribution in [2.24, 2.45) is 0 Å². The van der Waals surface area contributed by atoms with Gasteiger partial charge in [-0.3, -0.25) is 4.79 Å². The summed E-state index contributed by atoms with van der Waals surface area (Å²) in [6, 6.07) is 9.29. The summed E-state index contributed by atoms with van der Waals surface area (Å²) in [5.74, 6) is -0.222. The highest BCUT2D eigenvalue weighted by atomic mass is 32.1. The molecule has 0 saturated carbocycles. The van der Waals surface area contributed by atoms with Crippen molar-refractivity contribution in [3.63, 3.8) is 0 Å². The van der Waals surface area contributed by atoms with Gasteiger partial charge >= 0.3 is 5.97 Å². The first-order chi connectivity index (χ1) is 11.6. The van der Waals surface area contributed by atoms with Gasteiger partial charge in [-0.1, -0.05) is 18.2 Å². The second kappa shape index (κ2) is 8.88. The van der Waals surface area contributed by atoms with E-state index in [4.69, 9.17) is 9.47 Å². The van der Waals surface area contributed by atoms with Gasteiger partial charge in [0.1, 0.15) is 5.75 Å². The van der Waals surface area contributed by atoms with Gasteiger partial charge in [0.2, 0.25) is 0 Å². The number of hydrogen-bond donors (Lipinski definition) is 1. The van der Waals surface area contributed by atoms with Gasteiger partial charge in [0.15, 0.2) is 6.10 Å². The zero-order valence-electron chi connectivity index (χ0n) is 13.5. The van der Waals surface area contributed by atoms with Gasteiger partial charge in [-0.2, -0.15) is 11.3 Å². The Hall–Kier alpha value is -2.60. The molecule has 1 aromatic heterocycles. The number of carbonyl (C=O) groups excluding carboxylic acids is 2. The van der Waals surface area contributed by atoms with Gasteiger partial charge in [-0.05, 0) is 41.5 Å². The predicted molar refractivity (Wildman–Crippen MR) is 93.7 cm³/mol. The van der Waals surface area contributed by atoms with Gasteiger partial charge in [0.25, 0.3) is 5.91 Å². The Morgan fingerprint density at radius 1 is 1.29 bits per heavy atom. The van der Waals surface area contributed by atoms with E-state index in [9.17, 15) is 9.59 Å². The summed E-state index contributed by atoms with van der Waals surface area (Å²) in [6.07, 6.45) is 2.09. The van der Waals surface area contributed by atoms with Crippen molar-refractivity contribution in [3.8, 4) is 5.75 Å². The molecule has 1 heterocycles. The lowest BCUT2D eigenvalue weighted by Crippen LogP contribution is -2.35. The van der Waals surface area contributed by atoms with E-state index < -0.39 is 12.1 Å². The summed E-state index contributed by atoms with van der Waals surface area (Å²) in [6.45, 7) is 1.84. The van der Waals surface area contributed by atoms with Crippen LogP contribution in [0.3, 0.4) is 0 Å². The summed E-state index contributed by atoms with van der Waals surface area (Å²) in [5, 5.41) is 6.56. The molecule has 1 aromatic carbocycles. The molecule has 6 heteroatoms. The maximum Gasteiger partial charge on any atom is 0.331 e. The zero-order valence-corrected chi connectivity index (χ0v) is 14.3. The second-order valence-electron chi connectivity index (χ2n) is 5.00. The van der Waals surface area contributed by atoms with Crippen molar-refractivity contribution in [3.05, 3.63) is 58.3 Å². The minimum Gasteiger partial charge on any atom is -0.496 e. The molecule has 0 aliphatic rings. The molecule has 0 aliphatic heterocycles. The van der Waals surface area contributed by atoms with E-state index >= 15 is 0 Å². The van der Waals surface area contributed by atoms with Crippen molar-refractivity contribution < 1.29 is 19.1 Å². The number of benzene rings is 1. The van der Waals surface area contributed by atoms with Crippen LogP contribution in [0.25, 0.3) is 6.08 Å². The van der Waals surface area contributed by atoms with E-state index in [1.807, 2.05) is 41.1 Å². The van der Waals surface area contributed by atoms with Crippen LogP contribution in [0.5, 0.6) is 5.75 Å². The average Bonchev–Trinajstić information content (AvgIpc) is 3.11. The van der Waals surface area contributed by atoms with Gasteiger partial charge in [-0.25, -0.2) is 4.79 Å². The Labute approximate surface area is 144 Å². The van der Waals surface area contributed by atoms with Gasteiger partial charge in [0, 0.05) is 18.2 Å². The second-order valence-corrected chi connectivity index (χ2v) is 5.78. The normalized spacial score (nSPS) is 11.9. The lowest BCUT2D eigenvalue weighted by Gasteiger charge is -2.13. The van der Waals surface area contributed by atoms with Crippen LogP contribution in [0.4, 0.5) is 0 Å². The van der Waals surface area contributed by atoms with Crippen LogP contribution < -0.4 is 10.1 Å². The molecule has 1 N–H and O–H groups in total. The molecular weight excluding hydrogens is 326 g/mol. The Balaban J connectivity index is 1.82. The molecule has 1 amide bonds. The van der Waals surface area contributed by atoms with E-state index in [1.54, 1.807) is 13.2 Å². The largest absolute Gasteiger partial charge is 0.496 e. The molecule has 2 rings (SSSR count). The number of amides is 1. The maximum absolute atomic E-state index is 12.0. The first kappa shape index (κ1) is 17.7. The van der Waals surface area contributed by atoms with Crippen molar-refractivity contribution >= 4 is 29.3 Å². The third-order valence-corrected chi connectivity index (χ3v) is 3.96. The number of esters is 1. The fourth-order valence-electron chi connectivity index (χ4n) is 1.98. The summed E-state index contributed by atoms with van der Waals surface area (Å²) in [7, 11) is 1.57. The molecule has 2 aromatic rings. The molecule has 24 heavy (non-hydrogen) atoms. The number of thiophene rings is 1. The highest BCUT2D eigenvalue weighted by molar-refractivity contribution is 7.08. The molecular formula is C18H19NO4S. The molecule has 0 spiro atoms. The molecule has 0 unspecified atom stereocenters. The van der Waals surface area contributed by atoms with Gasteiger partial charge in [-0.15, -0.1) is 0 Å². The SMILES string of the molecule is COc1ccccc1CNC(=O)[C@H](C)OC(=O)/C=C/c1ccsc1. The summed E-state index contributed by atoms with van der Waals surface area (Å²) >= 11 is 1.54. The number of ether oxygens (including phenoxy) is 2. The number of hydrogen-bond acceptors (Lipinski definition) is 5. The number of rotatable bonds is 7. The molecule has 0 saturated heterocycles. The smallest absolute Gasteiger partial charge is 0.331 e. The zero-order chi connectivity index (χ0) is 17.4. The Morgan fingerprint density at radius 3 is 2.79 bits per heavy atom. The fourth-order valence-corrected chi connectivity index (χ4v) is 2.60. The first-order valence-electron chi connectivity index (χ1n) is 7.40. The van der Waals surface area contributed by atoms with Crippen molar-refractivity contribution in [1.82, 2.24) is 5.32 Å². The van der Waals surface area contributed by atoms with E-state index in [1.165, 1.54) is 24.3 Å². The van der Waals surface area contributed by atoms with E-state index in [0.717, 1.165) is 11.1 Å². The predicted octanol–water partition coefficient (Wildman–Crippen LogP) is 3.02. The Morgan fingerprint density at radius 2 is 2.08 bits per heavy atom. The molecule has 0 bridgehead atoms. The minimum atomic E-state index is -0.876. The highest BCUT2D eigenvalue weighted by Crippen LogP contribution is 2.16. The van der Waals surface area contributed by atoms with Crippen molar-refractivity contribution in [1.29, 1.82) is 0 Å². The summed E-state index contributed by atoms with van der Waals surface area (Å²) in [5.41, 5.74) is 1.77. The highest BCUT2D eigenvalue weighted by Gasteiger charge is 2.16. The van der Waals surface area contributed by atoms with Crippen LogP contribution >= 0.6 is 11.3 Å². The monoisotopic (exact) mass is 345 g/mol. The molecule has 5 nitrogen and oxygen atoms in total. The maximum atomic E-state index is 12.0. The van der Waals surface area contributed by atoms with E-state index in [0.29, 0.717) is 12.3 Å². The van der Waals surface area contributed by atoms with Crippen LogP contribution in [0.15, 0.2) is 47.2 Å². The Bertz CT molecular complexity index is 710. The third-order valence-electron chi connectivity index (χ3n) is 3.26. The van der Waals surface area contributed by atoms with Crippen LogP contribution in [-0.4, -0.2) is 25.1 Å². The van der Waals surface area contributed by atoms with Crippen LogP contribution in [0, 0.1) is 0 Å². The van der Waals surface area contributed by atoms with Crippen LogP contribution in [-0.2, 0) is 20.9 Å². The van der Waals surface area contributed by atoms with E-state index in [2.05, 4.69) is 5.32 Å². The third kappa shape index (κ3) is 5.24. The number of para-hydroxylation sites is 1. The fraction of sp³-hybridized carbons (Fsp3) is 0.222. The number of methoxy groups -OCH3 is 1. The van der Waals surface area contributed by atoms with Crippen LogP contribution in [0.2, 0.25) is 0 Å². The lowest BCUT2D eigenvalue weighted by atomic mass is 10.2. The van der Waals surface area contributed by atoms with Gasteiger partial charge < -0.3 is 14.8 Å². The van der Waals surface area contributed by atoms with Crippen molar-refractivity contribution in [2.75, 3.05) is 7.11 Å². The number of carbonyl (C=O) groups is 2. The molecule has 126 valence electrons. The minimum absolute atomic E-state index is 0.301. The van der Waals surface area contributed by atoms with E-state index in [-0.39, 0.29) is 5.91 Å². The molecule has 0 radical (unpaired) electrons. The lowest BCUT2D eigenvalue weighted by molar-refractivity contribution is -0.150. The van der Waals surface area contributed by atoms with Gasteiger partial charge in [0.05, 0.1) is 7.11 Å². The molecule has 0 fully saturated rings. The quantitative estimate of drug-likeness (QED) is 0.619. The standard InChI is InChI=1S/C18H19NO4S/c1-13(23-17(20)8-7-14-9-10-24-12-14)18(21)19-11-15-5-3-4-6-16(15)22-2/h3-10,12-13H,11H2,1-2H3,(H,19,21)/b8-7+/t13-/m0/s1. The van der Waals surface area contributed by atoms with Crippen LogP contribution in [0.1, 0.15) is 18.1 Å². The number of nitrogens with one attached hydrogen (secondary N) is 1. The van der Waals surface area contributed by atoms with Crippen molar-refractivity contribution in [2.45, 2.75) is 19.6 Å². The topological polar surface area (TPSA) is 64.6 Å². The summed E-state index contributed by atoms with van der Waals surface area (Å²) in [4.78, 5) is 23.8. The average molecular weight is 345 g/mol. The first-order valence-corrected chi connectivity index (χ1v) is 8.35. The molecule has 0 aliphatic carbocycles.